The van der Waals surface area contributed by atoms with Crippen molar-refractivity contribution in [3.63, 3.8) is 0 Å². The van der Waals surface area contributed by atoms with Crippen LogP contribution in [0.15, 0.2) is 30.5 Å². The summed E-state index contributed by atoms with van der Waals surface area (Å²) >= 11 is 5.77. The van der Waals surface area contributed by atoms with Crippen LogP contribution in [0.2, 0.25) is 5.02 Å². The summed E-state index contributed by atoms with van der Waals surface area (Å²) in [5.41, 5.74) is 0.898. The minimum absolute atomic E-state index is 0.0402. The minimum atomic E-state index is -1.16. The second-order valence-electron chi connectivity index (χ2n) is 4.55. The van der Waals surface area contributed by atoms with Gasteiger partial charge in [-0.15, -0.1) is 0 Å². The quantitative estimate of drug-likeness (QED) is 0.920. The summed E-state index contributed by atoms with van der Waals surface area (Å²) in [6.45, 7) is 0.428. The zero-order valence-corrected chi connectivity index (χ0v) is 11.2. The fraction of sp³-hybridized carbons (Fsp3) is 0.214. The fourth-order valence-electron chi connectivity index (χ4n) is 2.22. The van der Waals surface area contributed by atoms with Crippen LogP contribution in [0.25, 0.3) is 0 Å². The van der Waals surface area contributed by atoms with Gasteiger partial charge in [0.25, 0.3) is 0 Å². The number of aromatic carboxylic acids is 1. The van der Waals surface area contributed by atoms with E-state index in [-0.39, 0.29) is 16.6 Å². The largest absolute Gasteiger partial charge is 0.493 e. The van der Waals surface area contributed by atoms with E-state index >= 15 is 0 Å². The Morgan fingerprint density at radius 2 is 2.20 bits per heavy atom. The Balaban J connectivity index is 1.92. The van der Waals surface area contributed by atoms with Crippen molar-refractivity contribution in [1.82, 2.24) is 9.97 Å². The molecule has 0 radical (unpaired) electrons. The summed E-state index contributed by atoms with van der Waals surface area (Å²) in [6, 6.07) is 7.75. The number of hydrogen-bond acceptors (Lipinski definition) is 4. The molecule has 1 aromatic carbocycles. The second-order valence-corrected chi connectivity index (χ2v) is 4.96. The van der Waals surface area contributed by atoms with E-state index in [4.69, 9.17) is 21.4 Å². The maximum absolute atomic E-state index is 11.0. The topological polar surface area (TPSA) is 72.3 Å². The fourth-order valence-corrected chi connectivity index (χ4v) is 2.39. The molecule has 0 saturated heterocycles. The van der Waals surface area contributed by atoms with Crippen LogP contribution in [0.5, 0.6) is 5.75 Å². The van der Waals surface area contributed by atoms with Crippen LogP contribution in [0.1, 0.15) is 27.8 Å². The summed E-state index contributed by atoms with van der Waals surface area (Å²) in [6.07, 6.45) is 2.05. The molecule has 102 valence electrons. The molecule has 0 aliphatic carbocycles. The van der Waals surface area contributed by atoms with Gasteiger partial charge in [-0.05, 0) is 18.1 Å². The number of nitrogens with zero attached hydrogens (tertiary/aromatic N) is 2. The van der Waals surface area contributed by atoms with Crippen LogP contribution in [0, 0.1) is 0 Å². The summed E-state index contributed by atoms with van der Waals surface area (Å²) in [5, 5.41) is 9.08. The van der Waals surface area contributed by atoms with E-state index in [2.05, 4.69) is 9.97 Å². The third-order valence-electron chi connectivity index (χ3n) is 3.21. The average molecular weight is 291 g/mol. The van der Waals surface area contributed by atoms with Gasteiger partial charge in [-0.1, -0.05) is 29.8 Å². The smallest absolute Gasteiger partial charge is 0.356 e. The number of hydrogen-bond donors (Lipinski definition) is 1. The number of benzene rings is 1. The van der Waals surface area contributed by atoms with E-state index in [9.17, 15) is 4.79 Å². The first kappa shape index (κ1) is 12.9. The molecule has 1 atom stereocenters. The van der Waals surface area contributed by atoms with Gasteiger partial charge in [-0.2, -0.15) is 0 Å². The lowest BCUT2D eigenvalue weighted by Crippen LogP contribution is -2.22. The first-order chi connectivity index (χ1) is 9.65. The number of halogens is 1. The van der Waals surface area contributed by atoms with Crippen molar-refractivity contribution in [3.8, 4) is 5.75 Å². The van der Waals surface area contributed by atoms with Gasteiger partial charge >= 0.3 is 5.97 Å². The third-order valence-corrected chi connectivity index (χ3v) is 3.49. The molecule has 3 rings (SSSR count). The first-order valence-electron chi connectivity index (χ1n) is 6.11. The monoisotopic (exact) mass is 290 g/mol. The number of carbonyl (C=O) groups is 1. The molecule has 0 bridgehead atoms. The minimum Gasteiger partial charge on any atom is -0.493 e. The van der Waals surface area contributed by atoms with E-state index in [1.165, 1.54) is 6.20 Å². The van der Waals surface area contributed by atoms with E-state index in [1.54, 1.807) is 0 Å². The predicted molar refractivity (Wildman–Crippen MR) is 72.4 cm³/mol. The number of carboxylic acid groups (broad SMARTS) is 1. The zero-order chi connectivity index (χ0) is 14.1. The molecule has 1 unspecified atom stereocenters. The number of rotatable bonds is 2. The number of para-hydroxylation sites is 1. The Morgan fingerprint density at radius 1 is 1.40 bits per heavy atom. The summed E-state index contributed by atoms with van der Waals surface area (Å²) in [7, 11) is 0. The van der Waals surface area contributed by atoms with Crippen molar-refractivity contribution in [2.75, 3.05) is 6.61 Å². The van der Waals surface area contributed by atoms with Gasteiger partial charge in [0, 0.05) is 0 Å². The van der Waals surface area contributed by atoms with Gasteiger partial charge in [-0.3, -0.25) is 0 Å². The number of aromatic nitrogens is 2. The summed E-state index contributed by atoms with van der Waals surface area (Å²) in [5.74, 6) is 0.0773. The van der Waals surface area contributed by atoms with Crippen LogP contribution < -0.4 is 4.74 Å². The lowest BCUT2D eigenvalue weighted by molar-refractivity contribution is 0.0689. The highest BCUT2D eigenvalue weighted by Gasteiger charge is 2.25. The Labute approximate surface area is 120 Å². The first-order valence-corrected chi connectivity index (χ1v) is 6.49. The molecule has 20 heavy (non-hydrogen) atoms. The van der Waals surface area contributed by atoms with Crippen LogP contribution in [-0.4, -0.2) is 27.7 Å². The lowest BCUT2D eigenvalue weighted by atomic mass is 9.96. The Hall–Kier alpha value is -2.14. The van der Waals surface area contributed by atoms with Gasteiger partial charge in [0.1, 0.15) is 11.6 Å². The van der Waals surface area contributed by atoms with Crippen LogP contribution in [0.4, 0.5) is 0 Å². The van der Waals surface area contributed by atoms with Gasteiger partial charge in [0.05, 0.1) is 23.7 Å². The Bertz CT molecular complexity index is 675. The van der Waals surface area contributed by atoms with Crippen molar-refractivity contribution in [2.24, 2.45) is 0 Å². The van der Waals surface area contributed by atoms with Crippen LogP contribution in [-0.2, 0) is 6.42 Å². The molecule has 1 aliphatic heterocycles. The molecule has 2 aromatic rings. The molecule has 0 spiro atoms. The van der Waals surface area contributed by atoms with Crippen molar-refractivity contribution in [3.05, 3.63) is 52.6 Å². The lowest BCUT2D eigenvalue weighted by Gasteiger charge is -2.24. The molecule has 2 heterocycles. The van der Waals surface area contributed by atoms with Gasteiger partial charge in [-0.25, -0.2) is 14.8 Å². The molecular weight excluding hydrogens is 280 g/mol. The number of carboxylic acids is 1. The van der Waals surface area contributed by atoms with Crippen molar-refractivity contribution >= 4 is 17.6 Å². The highest BCUT2D eigenvalue weighted by atomic mass is 35.5. The zero-order valence-electron chi connectivity index (χ0n) is 10.4. The highest BCUT2D eigenvalue weighted by Crippen LogP contribution is 2.31. The molecule has 0 amide bonds. The molecule has 1 aliphatic rings. The summed E-state index contributed by atoms with van der Waals surface area (Å²) in [4.78, 5) is 19.2. The van der Waals surface area contributed by atoms with E-state index in [0.717, 1.165) is 17.7 Å². The highest BCUT2D eigenvalue weighted by molar-refractivity contribution is 6.33. The Morgan fingerprint density at radius 3 is 3.00 bits per heavy atom. The normalized spacial score (nSPS) is 17.1. The van der Waals surface area contributed by atoms with Crippen molar-refractivity contribution in [1.29, 1.82) is 0 Å². The maximum atomic E-state index is 11.0. The van der Waals surface area contributed by atoms with E-state index in [0.29, 0.717) is 12.4 Å². The number of fused-ring (bicyclic) bond motifs is 1. The number of ether oxygens (including phenoxy) is 1. The van der Waals surface area contributed by atoms with Gasteiger partial charge < -0.3 is 9.84 Å². The van der Waals surface area contributed by atoms with Gasteiger partial charge in [0.15, 0.2) is 5.69 Å². The van der Waals surface area contributed by atoms with E-state index in [1.807, 2.05) is 24.3 Å². The molecule has 1 aromatic heterocycles. The molecule has 0 saturated carbocycles. The SMILES string of the molecule is O=C(O)c1nc(C2COc3ccccc3C2)ncc1Cl. The molecule has 5 nitrogen and oxygen atoms in total. The van der Waals surface area contributed by atoms with Crippen molar-refractivity contribution < 1.29 is 14.6 Å². The third kappa shape index (κ3) is 2.32. The van der Waals surface area contributed by atoms with E-state index < -0.39 is 5.97 Å². The van der Waals surface area contributed by atoms with Crippen molar-refractivity contribution in [2.45, 2.75) is 12.3 Å². The Kier molecular flexibility index (Phi) is 3.28. The van der Waals surface area contributed by atoms with Crippen LogP contribution in [0.3, 0.4) is 0 Å². The molecule has 1 N–H and O–H groups in total. The average Bonchev–Trinajstić information content (AvgIpc) is 2.47. The molecular formula is C14H11ClN2O3. The predicted octanol–water partition coefficient (Wildman–Crippen LogP) is 2.55. The standard InChI is InChI=1S/C14H11ClN2O3/c15-10-6-16-13(17-12(10)14(18)19)9-5-8-3-1-2-4-11(8)20-7-9/h1-4,6,9H,5,7H2,(H,18,19). The maximum Gasteiger partial charge on any atom is 0.356 e. The van der Waals surface area contributed by atoms with Crippen LogP contribution >= 0.6 is 11.6 Å². The second kappa shape index (κ2) is 5.09. The molecule has 0 fully saturated rings. The summed E-state index contributed by atoms with van der Waals surface area (Å²) < 4.78 is 5.66. The molecule has 6 heteroatoms. The van der Waals surface area contributed by atoms with Gasteiger partial charge in [0.2, 0.25) is 0 Å².